The van der Waals surface area contributed by atoms with Crippen molar-refractivity contribution in [2.24, 2.45) is 0 Å². The number of unbranched alkanes of at least 4 members (excludes halogenated alkanes) is 1. The molecule has 0 aromatic heterocycles. The van der Waals surface area contributed by atoms with Gasteiger partial charge < -0.3 is 0 Å². The SMILES string of the molecule is CCCC[SiH2]c1[c][c]ccc1. The van der Waals surface area contributed by atoms with Gasteiger partial charge in [0.1, 0.15) is 0 Å². The molecule has 0 N–H and O–H groups in total. The summed E-state index contributed by atoms with van der Waals surface area (Å²) < 4.78 is 0. The molecule has 0 saturated carbocycles. The zero-order valence-corrected chi connectivity index (χ0v) is 8.47. The van der Waals surface area contributed by atoms with Crippen LogP contribution >= 0.6 is 0 Å². The second kappa shape index (κ2) is 5.14. The van der Waals surface area contributed by atoms with Crippen LogP contribution in [0.4, 0.5) is 0 Å². The Balaban J connectivity index is 2.28. The van der Waals surface area contributed by atoms with Gasteiger partial charge in [0.15, 0.2) is 0 Å². The van der Waals surface area contributed by atoms with Gasteiger partial charge in [0.05, 0.1) is 9.52 Å². The normalized spacial score (nSPS) is 11.0. The van der Waals surface area contributed by atoms with E-state index >= 15 is 0 Å². The third-order valence-electron chi connectivity index (χ3n) is 1.76. The average Bonchev–Trinajstić information content (AvgIpc) is 2.07. The summed E-state index contributed by atoms with van der Waals surface area (Å²) in [6.07, 6.45) is 2.71. The zero-order valence-electron chi connectivity index (χ0n) is 7.06. The molecule has 1 aromatic rings. The summed E-state index contributed by atoms with van der Waals surface area (Å²) in [6, 6.07) is 13.7. The Morgan fingerprint density at radius 1 is 1.55 bits per heavy atom. The van der Waals surface area contributed by atoms with Crippen LogP contribution < -0.4 is 5.19 Å². The molecular weight excluding hydrogens is 148 g/mol. The summed E-state index contributed by atoms with van der Waals surface area (Å²) in [5, 5.41) is 1.43. The van der Waals surface area contributed by atoms with E-state index in [9.17, 15) is 0 Å². The van der Waals surface area contributed by atoms with E-state index in [1.54, 1.807) is 0 Å². The Kier molecular flexibility index (Phi) is 3.98. The Hall–Kier alpha value is -0.563. The molecule has 1 rings (SSSR count). The summed E-state index contributed by atoms with van der Waals surface area (Å²) in [5.74, 6) is 0. The van der Waals surface area contributed by atoms with Crippen molar-refractivity contribution in [1.82, 2.24) is 0 Å². The quantitative estimate of drug-likeness (QED) is 0.462. The van der Waals surface area contributed by atoms with Gasteiger partial charge in [-0.05, 0) is 12.1 Å². The van der Waals surface area contributed by atoms with Gasteiger partial charge in [0.2, 0.25) is 0 Å². The molecule has 0 bridgehead atoms. The second-order valence-electron chi connectivity index (χ2n) is 2.78. The first-order valence-corrected chi connectivity index (χ1v) is 6.01. The smallest absolute Gasteiger partial charge is 0.0556 e. The Morgan fingerprint density at radius 2 is 2.45 bits per heavy atom. The van der Waals surface area contributed by atoms with Crippen LogP contribution in [0.25, 0.3) is 0 Å². The lowest BCUT2D eigenvalue weighted by molar-refractivity contribution is 0.881. The van der Waals surface area contributed by atoms with Crippen LogP contribution in [0.5, 0.6) is 0 Å². The van der Waals surface area contributed by atoms with E-state index in [0.717, 1.165) is 0 Å². The van der Waals surface area contributed by atoms with Crippen LogP contribution in [-0.2, 0) is 0 Å². The van der Waals surface area contributed by atoms with Gasteiger partial charge in [-0.3, -0.25) is 0 Å². The van der Waals surface area contributed by atoms with E-state index in [-0.39, 0.29) is 9.52 Å². The molecule has 1 aromatic carbocycles. The Morgan fingerprint density at radius 3 is 3.09 bits per heavy atom. The summed E-state index contributed by atoms with van der Waals surface area (Å²) in [7, 11) is -0.00921. The Labute approximate surface area is 71.5 Å². The topological polar surface area (TPSA) is 0 Å². The highest BCUT2D eigenvalue weighted by Gasteiger charge is 1.91. The molecule has 0 aliphatic heterocycles. The van der Waals surface area contributed by atoms with E-state index in [1.165, 1.54) is 24.1 Å². The maximum absolute atomic E-state index is 3.16. The van der Waals surface area contributed by atoms with E-state index in [1.807, 2.05) is 6.07 Å². The first-order valence-electron chi connectivity index (χ1n) is 4.30. The first kappa shape index (κ1) is 8.53. The number of rotatable bonds is 4. The van der Waals surface area contributed by atoms with Crippen molar-refractivity contribution in [2.75, 3.05) is 0 Å². The van der Waals surface area contributed by atoms with Crippen LogP contribution in [-0.4, -0.2) is 9.52 Å². The first-order chi connectivity index (χ1) is 5.43. The fourth-order valence-electron chi connectivity index (χ4n) is 1.10. The molecule has 0 nitrogen and oxygen atoms in total. The molecule has 0 fully saturated rings. The summed E-state index contributed by atoms with van der Waals surface area (Å²) >= 11 is 0. The molecule has 0 aliphatic rings. The predicted octanol–water partition coefficient (Wildman–Crippen LogP) is 1.30. The Bertz CT molecular complexity index is 181. The molecular formula is C10H14Si. The van der Waals surface area contributed by atoms with E-state index in [4.69, 9.17) is 0 Å². The van der Waals surface area contributed by atoms with Crippen LogP contribution in [0, 0.1) is 12.1 Å². The van der Waals surface area contributed by atoms with Gasteiger partial charge in [0.25, 0.3) is 0 Å². The van der Waals surface area contributed by atoms with E-state index in [2.05, 4.69) is 31.2 Å². The van der Waals surface area contributed by atoms with Gasteiger partial charge >= 0.3 is 0 Å². The highest BCUT2D eigenvalue weighted by atomic mass is 28.2. The average molecular weight is 162 g/mol. The van der Waals surface area contributed by atoms with Crippen molar-refractivity contribution in [3.8, 4) is 0 Å². The highest BCUT2D eigenvalue weighted by molar-refractivity contribution is 6.53. The summed E-state index contributed by atoms with van der Waals surface area (Å²) in [5.41, 5.74) is 0. The minimum absolute atomic E-state index is 0.00921. The van der Waals surface area contributed by atoms with Crippen molar-refractivity contribution in [1.29, 1.82) is 0 Å². The van der Waals surface area contributed by atoms with Crippen LogP contribution in [0.3, 0.4) is 0 Å². The lowest BCUT2D eigenvalue weighted by Crippen LogP contribution is -2.12. The number of benzene rings is 1. The molecule has 0 heterocycles. The minimum atomic E-state index is -0.00921. The van der Waals surface area contributed by atoms with E-state index in [0.29, 0.717) is 0 Å². The van der Waals surface area contributed by atoms with Gasteiger partial charge in [-0.15, -0.1) is 0 Å². The highest BCUT2D eigenvalue weighted by Crippen LogP contribution is 1.92. The maximum atomic E-state index is 3.16. The molecule has 0 amide bonds. The standard InChI is InChI=1S/C10H14Si/c1-2-3-9-11-10-7-5-4-6-8-10/h4-5,7H,2-3,9,11H2,1H3. The third kappa shape index (κ3) is 3.37. The van der Waals surface area contributed by atoms with Crippen LogP contribution in [0.1, 0.15) is 19.8 Å². The third-order valence-corrected chi connectivity index (χ3v) is 3.56. The lowest BCUT2D eigenvalue weighted by atomic mass is 10.4. The second-order valence-corrected chi connectivity index (χ2v) is 4.75. The monoisotopic (exact) mass is 162 g/mol. The van der Waals surface area contributed by atoms with Gasteiger partial charge in [-0.25, -0.2) is 0 Å². The van der Waals surface area contributed by atoms with Crippen molar-refractivity contribution < 1.29 is 0 Å². The van der Waals surface area contributed by atoms with Crippen molar-refractivity contribution in [3.63, 3.8) is 0 Å². The van der Waals surface area contributed by atoms with Gasteiger partial charge in [-0.1, -0.05) is 49.2 Å². The molecule has 1 heteroatoms. The van der Waals surface area contributed by atoms with Crippen molar-refractivity contribution >= 4 is 14.7 Å². The maximum Gasteiger partial charge on any atom is 0.0556 e. The van der Waals surface area contributed by atoms with Gasteiger partial charge in [-0.2, -0.15) is 0 Å². The largest absolute Gasteiger partial charge is 0.0654 e. The van der Waals surface area contributed by atoms with Crippen LogP contribution in [0.15, 0.2) is 18.2 Å². The lowest BCUT2D eigenvalue weighted by Gasteiger charge is -1.96. The molecule has 0 atom stereocenters. The summed E-state index contributed by atoms with van der Waals surface area (Å²) in [6.45, 7) is 2.25. The number of hydrogen-bond acceptors (Lipinski definition) is 0. The van der Waals surface area contributed by atoms with Crippen LogP contribution in [0.2, 0.25) is 6.04 Å². The molecule has 0 unspecified atom stereocenters. The van der Waals surface area contributed by atoms with Gasteiger partial charge in [0, 0.05) is 0 Å². The molecule has 58 valence electrons. The molecule has 2 radical (unpaired) electrons. The molecule has 0 spiro atoms. The fraction of sp³-hybridized carbons (Fsp3) is 0.400. The molecule has 0 aliphatic carbocycles. The van der Waals surface area contributed by atoms with E-state index < -0.39 is 0 Å². The number of hydrogen-bond donors (Lipinski definition) is 0. The van der Waals surface area contributed by atoms with Crippen molar-refractivity contribution in [3.05, 3.63) is 30.3 Å². The fourth-order valence-corrected chi connectivity index (χ4v) is 2.76. The zero-order chi connectivity index (χ0) is 7.94. The molecule has 0 saturated heterocycles. The predicted molar refractivity (Wildman–Crippen MR) is 52.0 cm³/mol. The summed E-state index contributed by atoms with van der Waals surface area (Å²) in [4.78, 5) is 0. The van der Waals surface area contributed by atoms with Crippen molar-refractivity contribution in [2.45, 2.75) is 25.8 Å². The molecule has 11 heavy (non-hydrogen) atoms. The minimum Gasteiger partial charge on any atom is -0.0654 e.